The fourth-order valence-electron chi connectivity index (χ4n) is 2.42. The van der Waals surface area contributed by atoms with Crippen LogP contribution in [0.2, 0.25) is 0 Å². The van der Waals surface area contributed by atoms with E-state index >= 15 is 0 Å². The molecule has 1 fully saturated rings. The van der Waals surface area contributed by atoms with Gasteiger partial charge in [0.2, 0.25) is 0 Å². The number of hydrogen-bond acceptors (Lipinski definition) is 3. The van der Waals surface area contributed by atoms with Crippen molar-refractivity contribution in [3.63, 3.8) is 0 Å². The second kappa shape index (κ2) is 4.73. The fourth-order valence-corrected chi connectivity index (χ4v) is 2.42. The molecule has 106 valence electrons. The number of alkyl halides is 3. The Morgan fingerprint density at radius 2 is 2.00 bits per heavy atom. The predicted molar refractivity (Wildman–Crippen MR) is 58.6 cm³/mol. The van der Waals surface area contributed by atoms with Gasteiger partial charge in [0.15, 0.2) is 6.10 Å². The van der Waals surface area contributed by atoms with Crippen LogP contribution in [0.4, 0.5) is 17.6 Å². The number of nitrogens with two attached hydrogens (primary N) is 1. The molecule has 3 atom stereocenters. The molecule has 0 unspecified atom stereocenters. The molecule has 1 aliphatic heterocycles. The lowest BCUT2D eigenvalue weighted by atomic mass is 9.78. The highest BCUT2D eigenvalue weighted by Gasteiger charge is 2.58. The summed E-state index contributed by atoms with van der Waals surface area (Å²) in [4.78, 5) is 0. The molecule has 3 N–H and O–H groups in total. The van der Waals surface area contributed by atoms with Crippen LogP contribution in [0.15, 0.2) is 24.3 Å². The van der Waals surface area contributed by atoms with Crippen LogP contribution in [0, 0.1) is 11.7 Å². The molecule has 1 aromatic carbocycles. The van der Waals surface area contributed by atoms with Gasteiger partial charge in [-0.15, -0.1) is 0 Å². The highest BCUT2D eigenvalue weighted by molar-refractivity contribution is 5.29. The van der Waals surface area contributed by atoms with Gasteiger partial charge in [-0.25, -0.2) is 4.39 Å². The molecule has 7 heteroatoms. The molecule has 0 aliphatic carbocycles. The monoisotopic (exact) mass is 279 g/mol. The maximum atomic E-state index is 13.7. The Balaban J connectivity index is 2.42. The molecule has 1 aromatic rings. The lowest BCUT2D eigenvalue weighted by Gasteiger charge is -2.31. The van der Waals surface area contributed by atoms with E-state index in [4.69, 9.17) is 5.73 Å². The van der Waals surface area contributed by atoms with Crippen molar-refractivity contribution in [1.29, 1.82) is 0 Å². The number of benzene rings is 1. The summed E-state index contributed by atoms with van der Waals surface area (Å²) in [6.07, 6.45) is -6.85. The second-order valence-electron chi connectivity index (χ2n) is 4.58. The number of hydrogen-bond donors (Lipinski definition) is 2. The first-order valence-corrected chi connectivity index (χ1v) is 5.64. The van der Waals surface area contributed by atoms with E-state index < -0.39 is 42.8 Å². The van der Waals surface area contributed by atoms with Crippen molar-refractivity contribution in [2.45, 2.75) is 17.8 Å². The molecule has 2 rings (SSSR count). The van der Waals surface area contributed by atoms with Gasteiger partial charge in [0.25, 0.3) is 0 Å². The third-order valence-corrected chi connectivity index (χ3v) is 3.42. The van der Waals surface area contributed by atoms with Crippen molar-refractivity contribution >= 4 is 0 Å². The van der Waals surface area contributed by atoms with E-state index in [1.54, 1.807) is 0 Å². The van der Waals surface area contributed by atoms with Gasteiger partial charge in [0, 0.05) is 11.5 Å². The number of rotatable bonds is 2. The highest BCUT2D eigenvalue weighted by Crippen LogP contribution is 2.44. The average molecular weight is 279 g/mol. The minimum Gasteiger partial charge on any atom is -0.396 e. The van der Waals surface area contributed by atoms with Gasteiger partial charge >= 0.3 is 6.18 Å². The Hall–Kier alpha value is -1.18. The van der Waals surface area contributed by atoms with Crippen LogP contribution < -0.4 is 5.73 Å². The van der Waals surface area contributed by atoms with Crippen molar-refractivity contribution in [2.24, 2.45) is 11.7 Å². The third-order valence-electron chi connectivity index (χ3n) is 3.42. The first kappa shape index (κ1) is 14.2. The summed E-state index contributed by atoms with van der Waals surface area (Å²) in [6.45, 7) is -1.33. The molecule has 3 nitrogen and oxygen atoms in total. The van der Waals surface area contributed by atoms with E-state index in [-0.39, 0.29) is 5.56 Å². The molecule has 1 heterocycles. The largest absolute Gasteiger partial charge is 0.415 e. The molecule has 1 saturated heterocycles. The molecule has 0 spiro atoms. The summed E-state index contributed by atoms with van der Waals surface area (Å²) in [6, 6.07) is 5.30. The Labute approximate surface area is 107 Å². The van der Waals surface area contributed by atoms with Crippen molar-refractivity contribution in [3.05, 3.63) is 35.6 Å². The van der Waals surface area contributed by atoms with Crippen molar-refractivity contribution in [1.82, 2.24) is 0 Å². The average Bonchev–Trinajstić information content (AvgIpc) is 2.67. The van der Waals surface area contributed by atoms with Gasteiger partial charge in [-0.05, 0) is 6.07 Å². The van der Waals surface area contributed by atoms with E-state index in [1.807, 2.05) is 0 Å². The molecule has 1 aliphatic rings. The maximum absolute atomic E-state index is 13.7. The molecule has 0 aromatic heterocycles. The van der Waals surface area contributed by atoms with E-state index in [9.17, 15) is 22.7 Å². The summed E-state index contributed by atoms with van der Waals surface area (Å²) in [5, 5.41) is 9.21. The number of aliphatic hydroxyl groups is 1. The highest BCUT2D eigenvalue weighted by atomic mass is 19.4. The van der Waals surface area contributed by atoms with Crippen LogP contribution in [0.3, 0.4) is 0 Å². The Kier molecular flexibility index (Phi) is 3.55. The standard InChI is InChI=1S/C12H13F4NO2/c13-9-4-2-1-3-7(9)11(17)6-19-10(8(11)5-18)12(14,15)16/h1-4,8,10,18H,5-6,17H2/t8-,10+,11+/m0/s1. The number of ether oxygens (including phenoxy) is 1. The summed E-state index contributed by atoms with van der Waals surface area (Å²) in [5.41, 5.74) is 4.12. The molecule has 0 radical (unpaired) electrons. The van der Waals surface area contributed by atoms with E-state index in [2.05, 4.69) is 4.74 Å². The summed E-state index contributed by atoms with van der Waals surface area (Å²) in [5.74, 6) is -2.15. The summed E-state index contributed by atoms with van der Waals surface area (Å²) in [7, 11) is 0. The van der Waals surface area contributed by atoms with Crippen molar-refractivity contribution in [2.75, 3.05) is 13.2 Å². The lowest BCUT2D eigenvalue weighted by molar-refractivity contribution is -0.219. The summed E-state index contributed by atoms with van der Waals surface area (Å²) >= 11 is 0. The molecule has 0 bridgehead atoms. The van der Waals surface area contributed by atoms with Crippen LogP contribution in [-0.2, 0) is 10.3 Å². The topological polar surface area (TPSA) is 55.5 Å². The van der Waals surface area contributed by atoms with Crippen molar-refractivity contribution in [3.8, 4) is 0 Å². The first-order valence-electron chi connectivity index (χ1n) is 5.64. The second-order valence-corrected chi connectivity index (χ2v) is 4.58. The Morgan fingerprint density at radius 3 is 2.53 bits per heavy atom. The van der Waals surface area contributed by atoms with Crippen LogP contribution in [-0.4, -0.2) is 30.6 Å². The maximum Gasteiger partial charge on any atom is 0.415 e. The van der Waals surface area contributed by atoms with Gasteiger partial charge < -0.3 is 15.6 Å². The fraction of sp³-hybridized carbons (Fsp3) is 0.500. The molecular formula is C12H13F4NO2. The molecule has 0 saturated carbocycles. The quantitative estimate of drug-likeness (QED) is 0.808. The zero-order valence-corrected chi connectivity index (χ0v) is 9.82. The van der Waals surface area contributed by atoms with Crippen LogP contribution >= 0.6 is 0 Å². The molecule has 19 heavy (non-hydrogen) atoms. The summed E-state index contributed by atoms with van der Waals surface area (Å²) < 4.78 is 56.7. The van der Waals surface area contributed by atoms with Gasteiger partial charge in [-0.2, -0.15) is 13.2 Å². The SMILES string of the molecule is N[C@@]1(c2ccccc2F)CO[C@@H](C(F)(F)F)[C@@H]1CO. The molecule has 0 amide bonds. The van der Waals surface area contributed by atoms with E-state index in [1.165, 1.54) is 18.2 Å². The molecular weight excluding hydrogens is 266 g/mol. The zero-order valence-electron chi connectivity index (χ0n) is 9.82. The normalized spacial score (nSPS) is 31.7. The van der Waals surface area contributed by atoms with Crippen LogP contribution in [0.1, 0.15) is 5.56 Å². The van der Waals surface area contributed by atoms with Gasteiger partial charge in [-0.3, -0.25) is 0 Å². The van der Waals surface area contributed by atoms with E-state index in [0.29, 0.717) is 0 Å². The number of aliphatic hydroxyl groups excluding tert-OH is 1. The van der Waals surface area contributed by atoms with Crippen molar-refractivity contribution < 1.29 is 27.4 Å². The van der Waals surface area contributed by atoms with Gasteiger partial charge in [-0.1, -0.05) is 18.2 Å². The van der Waals surface area contributed by atoms with Crippen LogP contribution in [0.25, 0.3) is 0 Å². The third kappa shape index (κ3) is 2.33. The lowest BCUT2D eigenvalue weighted by Crippen LogP contribution is -2.50. The van der Waals surface area contributed by atoms with Gasteiger partial charge in [0.1, 0.15) is 5.82 Å². The zero-order chi connectivity index (χ0) is 14.3. The Bertz CT molecular complexity index is 465. The predicted octanol–water partition coefficient (Wildman–Crippen LogP) is 1.55. The Morgan fingerprint density at radius 1 is 1.37 bits per heavy atom. The van der Waals surface area contributed by atoms with E-state index in [0.717, 1.165) is 6.07 Å². The number of halogens is 4. The smallest absolute Gasteiger partial charge is 0.396 e. The minimum absolute atomic E-state index is 0.0826. The minimum atomic E-state index is -4.65. The first-order chi connectivity index (χ1) is 8.80. The van der Waals surface area contributed by atoms with Crippen LogP contribution in [0.5, 0.6) is 0 Å². The van der Waals surface area contributed by atoms with Gasteiger partial charge in [0.05, 0.1) is 18.8 Å².